The van der Waals surface area contributed by atoms with Crippen LogP contribution < -0.4 is 9.47 Å². The van der Waals surface area contributed by atoms with Gasteiger partial charge in [0.05, 0.1) is 17.3 Å². The molecule has 0 spiro atoms. The average molecular weight is 561 g/mol. The fourth-order valence-corrected chi connectivity index (χ4v) is 4.06. The highest BCUT2D eigenvalue weighted by molar-refractivity contribution is 9.10. The van der Waals surface area contributed by atoms with Crippen LogP contribution in [-0.4, -0.2) is 36.6 Å². The molecule has 5 rings (SSSR count). The lowest BCUT2D eigenvalue weighted by atomic mass is 10.1. The number of hydrogen-bond acceptors (Lipinski definition) is 7. The van der Waals surface area contributed by atoms with E-state index in [2.05, 4.69) is 40.8 Å². The minimum atomic E-state index is -4.50. The van der Waals surface area contributed by atoms with Crippen LogP contribution in [0.5, 0.6) is 11.8 Å². The van der Waals surface area contributed by atoms with Crippen LogP contribution in [0.25, 0.3) is 22.8 Å². The third-order valence-corrected chi connectivity index (χ3v) is 6.23. The molecule has 4 aromatic rings. The van der Waals surface area contributed by atoms with Crippen LogP contribution in [0.3, 0.4) is 0 Å². The Hall–Kier alpha value is -3.54. The molecule has 3 aromatic heterocycles. The number of imidazole rings is 1. The number of halogens is 4. The number of rotatable bonds is 7. The van der Waals surface area contributed by atoms with Gasteiger partial charge in [0, 0.05) is 30.9 Å². The molecule has 0 N–H and O–H groups in total. The highest BCUT2D eigenvalue weighted by Crippen LogP contribution is 2.45. The molecule has 0 amide bonds. The molecule has 0 unspecified atom stereocenters. The van der Waals surface area contributed by atoms with E-state index in [1.807, 2.05) is 0 Å². The molecule has 186 valence electrons. The molecule has 12 heteroatoms. The highest BCUT2D eigenvalue weighted by Gasteiger charge is 2.34. The van der Waals surface area contributed by atoms with E-state index >= 15 is 0 Å². The Morgan fingerprint density at radius 3 is 2.44 bits per heavy atom. The summed E-state index contributed by atoms with van der Waals surface area (Å²) < 4.78 is 52.2. The molecule has 0 saturated heterocycles. The van der Waals surface area contributed by atoms with Gasteiger partial charge >= 0.3 is 6.18 Å². The molecule has 1 aromatic carbocycles. The van der Waals surface area contributed by atoms with Crippen LogP contribution in [0.2, 0.25) is 0 Å². The SMILES string of the molecule is COc1ncnc(C2CC2)c1-c1ncc(Br)c(OCc2ccc(-c3nc(C(F)(F)F)cn3C)cc2)n1. The van der Waals surface area contributed by atoms with Gasteiger partial charge in [-0.3, -0.25) is 0 Å². The molecule has 1 fully saturated rings. The molecular weight excluding hydrogens is 541 g/mol. The first-order chi connectivity index (χ1) is 17.2. The third-order valence-electron chi connectivity index (χ3n) is 5.69. The highest BCUT2D eigenvalue weighted by atomic mass is 79.9. The predicted octanol–water partition coefficient (Wildman–Crippen LogP) is 5.58. The molecule has 0 aliphatic heterocycles. The van der Waals surface area contributed by atoms with E-state index in [-0.39, 0.29) is 12.4 Å². The molecular formula is C24H20BrF3N6O2. The summed E-state index contributed by atoms with van der Waals surface area (Å²) in [6.45, 7) is 0.182. The molecule has 0 bridgehead atoms. The largest absolute Gasteiger partial charge is 0.480 e. The maximum Gasteiger partial charge on any atom is 0.434 e. The minimum Gasteiger partial charge on any atom is -0.480 e. The van der Waals surface area contributed by atoms with E-state index in [0.29, 0.717) is 39.1 Å². The molecule has 3 heterocycles. The van der Waals surface area contributed by atoms with Crippen molar-refractivity contribution in [3.63, 3.8) is 0 Å². The average Bonchev–Trinajstić information content (AvgIpc) is 3.63. The smallest absolute Gasteiger partial charge is 0.434 e. The first-order valence-electron chi connectivity index (χ1n) is 11.0. The van der Waals surface area contributed by atoms with E-state index in [1.54, 1.807) is 30.5 Å². The van der Waals surface area contributed by atoms with Crippen molar-refractivity contribution in [3.8, 4) is 34.5 Å². The second kappa shape index (κ2) is 9.49. The van der Waals surface area contributed by atoms with Crippen LogP contribution in [0.15, 0.2) is 47.5 Å². The first-order valence-corrected chi connectivity index (χ1v) is 11.8. The number of aryl methyl sites for hydroxylation is 1. The molecule has 0 radical (unpaired) electrons. The Kier molecular flexibility index (Phi) is 6.37. The fourth-order valence-electron chi connectivity index (χ4n) is 3.76. The number of benzene rings is 1. The van der Waals surface area contributed by atoms with Crippen molar-refractivity contribution in [2.45, 2.75) is 31.5 Å². The number of ether oxygens (including phenoxy) is 2. The summed E-state index contributed by atoms with van der Waals surface area (Å²) in [6.07, 6.45) is 1.63. The van der Waals surface area contributed by atoms with Crippen molar-refractivity contribution in [1.29, 1.82) is 0 Å². The monoisotopic (exact) mass is 560 g/mol. The fraction of sp³-hybridized carbons (Fsp3) is 0.292. The maximum atomic E-state index is 13.0. The Labute approximate surface area is 212 Å². The summed E-state index contributed by atoms with van der Waals surface area (Å²) in [7, 11) is 3.07. The molecule has 1 aliphatic carbocycles. The van der Waals surface area contributed by atoms with E-state index in [9.17, 15) is 13.2 Å². The summed E-state index contributed by atoms with van der Waals surface area (Å²) in [5.74, 6) is 1.69. The minimum absolute atomic E-state index is 0.182. The number of hydrogen-bond donors (Lipinski definition) is 0. The second-order valence-electron chi connectivity index (χ2n) is 8.31. The van der Waals surface area contributed by atoms with Crippen molar-refractivity contribution >= 4 is 15.9 Å². The predicted molar refractivity (Wildman–Crippen MR) is 127 cm³/mol. The summed E-state index contributed by atoms with van der Waals surface area (Å²) in [6, 6.07) is 6.95. The normalized spacial score (nSPS) is 13.6. The van der Waals surface area contributed by atoms with Gasteiger partial charge in [-0.1, -0.05) is 24.3 Å². The summed E-state index contributed by atoms with van der Waals surface area (Å²) in [5.41, 5.74) is 1.94. The third kappa shape index (κ3) is 4.90. The van der Waals surface area contributed by atoms with Gasteiger partial charge in [0.25, 0.3) is 0 Å². The van der Waals surface area contributed by atoms with E-state index in [1.165, 1.54) is 25.1 Å². The van der Waals surface area contributed by atoms with Gasteiger partial charge in [0.15, 0.2) is 11.5 Å². The number of nitrogens with zero attached hydrogens (tertiary/aromatic N) is 6. The van der Waals surface area contributed by atoms with Crippen molar-refractivity contribution in [1.82, 2.24) is 29.5 Å². The number of aromatic nitrogens is 6. The molecule has 8 nitrogen and oxygen atoms in total. The Bertz CT molecular complexity index is 1400. The van der Waals surface area contributed by atoms with Crippen LogP contribution in [0, 0.1) is 0 Å². The zero-order valence-corrected chi connectivity index (χ0v) is 20.8. The van der Waals surface area contributed by atoms with E-state index in [4.69, 9.17) is 9.47 Å². The van der Waals surface area contributed by atoms with Gasteiger partial charge in [-0.15, -0.1) is 0 Å². The van der Waals surface area contributed by atoms with Gasteiger partial charge in [-0.05, 0) is 34.3 Å². The number of methoxy groups -OCH3 is 1. The lowest BCUT2D eigenvalue weighted by Gasteiger charge is -2.13. The lowest BCUT2D eigenvalue weighted by molar-refractivity contribution is -0.140. The molecule has 1 aliphatic rings. The van der Waals surface area contributed by atoms with Crippen LogP contribution in [-0.2, 0) is 19.8 Å². The topological polar surface area (TPSA) is 87.8 Å². The van der Waals surface area contributed by atoms with Gasteiger partial charge in [-0.2, -0.15) is 18.2 Å². The van der Waals surface area contributed by atoms with Crippen molar-refractivity contribution in [3.05, 3.63) is 64.4 Å². The lowest BCUT2D eigenvalue weighted by Crippen LogP contribution is -2.05. The molecule has 36 heavy (non-hydrogen) atoms. The Morgan fingerprint density at radius 1 is 1.06 bits per heavy atom. The van der Waals surface area contributed by atoms with Crippen molar-refractivity contribution in [2.75, 3.05) is 7.11 Å². The zero-order valence-electron chi connectivity index (χ0n) is 19.3. The van der Waals surface area contributed by atoms with E-state index in [0.717, 1.165) is 30.3 Å². The van der Waals surface area contributed by atoms with Gasteiger partial charge in [0.1, 0.15) is 24.3 Å². The van der Waals surface area contributed by atoms with E-state index < -0.39 is 11.9 Å². The summed E-state index contributed by atoms with van der Waals surface area (Å²) in [5, 5.41) is 0. The van der Waals surface area contributed by atoms with Gasteiger partial charge < -0.3 is 14.0 Å². The second-order valence-corrected chi connectivity index (χ2v) is 9.16. The van der Waals surface area contributed by atoms with Crippen LogP contribution >= 0.6 is 15.9 Å². The van der Waals surface area contributed by atoms with Gasteiger partial charge in [-0.25, -0.2) is 19.9 Å². The summed E-state index contributed by atoms with van der Waals surface area (Å²) in [4.78, 5) is 21.4. The van der Waals surface area contributed by atoms with Crippen LogP contribution in [0.4, 0.5) is 13.2 Å². The Balaban J connectivity index is 1.35. The van der Waals surface area contributed by atoms with Crippen molar-refractivity contribution < 1.29 is 22.6 Å². The summed E-state index contributed by atoms with van der Waals surface area (Å²) >= 11 is 3.42. The maximum absolute atomic E-state index is 13.0. The molecule has 0 atom stereocenters. The first kappa shape index (κ1) is 24.2. The van der Waals surface area contributed by atoms with Crippen molar-refractivity contribution in [2.24, 2.45) is 7.05 Å². The molecule has 1 saturated carbocycles. The van der Waals surface area contributed by atoms with Gasteiger partial charge in [0.2, 0.25) is 11.8 Å². The zero-order chi connectivity index (χ0) is 25.4. The van der Waals surface area contributed by atoms with Crippen LogP contribution in [0.1, 0.15) is 35.7 Å². The quantitative estimate of drug-likeness (QED) is 0.291. The Morgan fingerprint density at radius 2 is 1.81 bits per heavy atom. The standard InChI is InChI=1S/C24H20BrF3N6O2/c1-34-10-17(24(26,27)28)32-21(34)15-5-3-13(4-6-15)11-36-22-16(25)9-29-20(33-22)18-19(14-7-8-14)30-12-31-23(18)35-2/h3-6,9-10,12,14H,7-8,11H2,1-2H3. The number of alkyl halides is 3.